The summed E-state index contributed by atoms with van der Waals surface area (Å²) in [4.78, 5) is 31.4. The molecule has 1 N–H and O–H groups in total. The highest BCUT2D eigenvalue weighted by Crippen LogP contribution is 2.27. The number of nitrogens with zero attached hydrogens (tertiary/aromatic N) is 2. The molecule has 0 radical (unpaired) electrons. The fourth-order valence-electron chi connectivity index (χ4n) is 2.66. The summed E-state index contributed by atoms with van der Waals surface area (Å²) in [6.45, 7) is 4.45. The smallest absolute Gasteiger partial charge is 0.231 e. The standard InChI is InChI=1S/C17H19N3O2S/c1-3-12-4-6-14(7-5-12)20-10-13(8-15(20)21)16(22)19-17-18-9-11(2)23-17/h4-7,9,13H,3,8,10H2,1-2H3,(H,18,19,22)/t13-/m0/s1. The Balaban J connectivity index is 1.67. The Hall–Kier alpha value is -2.21. The zero-order valence-corrected chi connectivity index (χ0v) is 14.0. The fraction of sp³-hybridized carbons (Fsp3) is 0.353. The van der Waals surface area contributed by atoms with Gasteiger partial charge >= 0.3 is 0 Å². The normalized spacial score (nSPS) is 17.6. The maximum Gasteiger partial charge on any atom is 0.231 e. The van der Waals surface area contributed by atoms with Crippen LogP contribution in [0.2, 0.25) is 0 Å². The molecular formula is C17H19N3O2S. The van der Waals surface area contributed by atoms with Crippen molar-refractivity contribution >= 4 is 34.0 Å². The molecule has 3 rings (SSSR count). The molecule has 1 aliphatic rings. The van der Waals surface area contributed by atoms with Crippen LogP contribution in [0.3, 0.4) is 0 Å². The van der Waals surface area contributed by atoms with Gasteiger partial charge in [-0.1, -0.05) is 19.1 Å². The maximum atomic E-state index is 12.3. The number of amides is 2. The van der Waals surface area contributed by atoms with Crippen LogP contribution in [0.5, 0.6) is 0 Å². The second-order valence-electron chi connectivity index (χ2n) is 5.69. The Morgan fingerprint density at radius 2 is 2.13 bits per heavy atom. The molecule has 1 aliphatic heterocycles. The molecule has 120 valence electrons. The third-order valence-corrected chi connectivity index (χ3v) is 4.83. The summed E-state index contributed by atoms with van der Waals surface area (Å²) in [5, 5.41) is 3.39. The van der Waals surface area contributed by atoms with Crippen molar-refractivity contribution < 1.29 is 9.59 Å². The Morgan fingerprint density at radius 1 is 1.39 bits per heavy atom. The van der Waals surface area contributed by atoms with E-state index in [0.29, 0.717) is 11.7 Å². The Morgan fingerprint density at radius 3 is 2.74 bits per heavy atom. The van der Waals surface area contributed by atoms with E-state index in [9.17, 15) is 9.59 Å². The first-order valence-corrected chi connectivity index (χ1v) is 8.51. The van der Waals surface area contributed by atoms with Crippen molar-refractivity contribution in [1.82, 2.24) is 4.98 Å². The van der Waals surface area contributed by atoms with E-state index in [1.165, 1.54) is 16.9 Å². The molecule has 2 aromatic rings. The highest BCUT2D eigenvalue weighted by molar-refractivity contribution is 7.15. The van der Waals surface area contributed by atoms with E-state index in [4.69, 9.17) is 0 Å². The van der Waals surface area contributed by atoms with Gasteiger partial charge in [-0.3, -0.25) is 9.59 Å². The zero-order chi connectivity index (χ0) is 16.4. The van der Waals surface area contributed by atoms with E-state index in [-0.39, 0.29) is 24.2 Å². The van der Waals surface area contributed by atoms with Crippen molar-refractivity contribution in [3.8, 4) is 0 Å². The third-order valence-electron chi connectivity index (χ3n) is 4.00. The quantitative estimate of drug-likeness (QED) is 0.938. The van der Waals surface area contributed by atoms with Crippen molar-refractivity contribution in [3.63, 3.8) is 0 Å². The highest BCUT2D eigenvalue weighted by Gasteiger charge is 2.35. The van der Waals surface area contributed by atoms with Gasteiger partial charge in [0, 0.05) is 29.7 Å². The zero-order valence-electron chi connectivity index (χ0n) is 13.2. The molecule has 1 atom stereocenters. The monoisotopic (exact) mass is 329 g/mol. The van der Waals surface area contributed by atoms with Crippen molar-refractivity contribution in [1.29, 1.82) is 0 Å². The average Bonchev–Trinajstić information content (AvgIpc) is 3.13. The summed E-state index contributed by atoms with van der Waals surface area (Å²) in [6, 6.07) is 7.94. The topological polar surface area (TPSA) is 62.3 Å². The molecule has 0 unspecified atom stereocenters. The molecule has 2 amide bonds. The fourth-order valence-corrected chi connectivity index (χ4v) is 3.33. The first-order valence-electron chi connectivity index (χ1n) is 7.69. The molecule has 0 aliphatic carbocycles. The number of rotatable bonds is 4. The summed E-state index contributed by atoms with van der Waals surface area (Å²) >= 11 is 1.44. The van der Waals surface area contributed by atoms with Gasteiger partial charge in [-0.2, -0.15) is 0 Å². The van der Waals surface area contributed by atoms with Crippen molar-refractivity contribution in [3.05, 3.63) is 40.9 Å². The lowest BCUT2D eigenvalue weighted by Gasteiger charge is -2.17. The minimum Gasteiger partial charge on any atom is -0.312 e. The summed E-state index contributed by atoms with van der Waals surface area (Å²) in [6.07, 6.45) is 2.93. The number of hydrogen-bond donors (Lipinski definition) is 1. The number of aryl methyl sites for hydroxylation is 2. The van der Waals surface area contributed by atoms with Crippen molar-refractivity contribution in [2.45, 2.75) is 26.7 Å². The highest BCUT2D eigenvalue weighted by atomic mass is 32.1. The van der Waals surface area contributed by atoms with E-state index in [1.54, 1.807) is 11.1 Å². The van der Waals surface area contributed by atoms with Crippen LogP contribution in [0.4, 0.5) is 10.8 Å². The van der Waals surface area contributed by atoms with Gasteiger partial charge in [0.2, 0.25) is 11.8 Å². The lowest BCUT2D eigenvalue weighted by Crippen LogP contribution is -2.28. The first-order chi connectivity index (χ1) is 11.1. The SMILES string of the molecule is CCc1ccc(N2C[C@@H](C(=O)Nc3ncc(C)s3)CC2=O)cc1. The van der Waals surface area contributed by atoms with E-state index < -0.39 is 0 Å². The summed E-state index contributed by atoms with van der Waals surface area (Å²) in [5.74, 6) is -0.484. The van der Waals surface area contributed by atoms with Crippen LogP contribution >= 0.6 is 11.3 Å². The van der Waals surface area contributed by atoms with E-state index in [0.717, 1.165) is 17.0 Å². The average molecular weight is 329 g/mol. The molecule has 1 aromatic carbocycles. The molecular weight excluding hydrogens is 310 g/mol. The first kappa shape index (κ1) is 15.7. The summed E-state index contributed by atoms with van der Waals surface area (Å²) in [7, 11) is 0. The van der Waals surface area contributed by atoms with Gasteiger partial charge in [0.1, 0.15) is 0 Å². The number of carbonyl (C=O) groups is 2. The second kappa shape index (κ2) is 6.50. The lowest BCUT2D eigenvalue weighted by molar-refractivity contribution is -0.122. The second-order valence-corrected chi connectivity index (χ2v) is 6.93. The van der Waals surface area contributed by atoms with Crippen LogP contribution < -0.4 is 10.2 Å². The van der Waals surface area contributed by atoms with Crippen LogP contribution in [0.25, 0.3) is 0 Å². The lowest BCUT2D eigenvalue weighted by atomic mass is 10.1. The number of carbonyl (C=O) groups excluding carboxylic acids is 2. The molecule has 0 bridgehead atoms. The molecule has 1 saturated heterocycles. The number of nitrogens with one attached hydrogen (secondary N) is 1. The Kier molecular flexibility index (Phi) is 4.43. The molecule has 0 saturated carbocycles. The molecule has 1 aromatic heterocycles. The predicted molar refractivity (Wildman–Crippen MR) is 91.8 cm³/mol. The number of hydrogen-bond acceptors (Lipinski definition) is 4. The molecule has 2 heterocycles. The minimum absolute atomic E-state index is 0.00952. The summed E-state index contributed by atoms with van der Waals surface area (Å²) < 4.78 is 0. The maximum absolute atomic E-state index is 12.3. The van der Waals surface area contributed by atoms with Crippen LogP contribution in [-0.2, 0) is 16.0 Å². The van der Waals surface area contributed by atoms with Crippen molar-refractivity contribution in [2.75, 3.05) is 16.8 Å². The van der Waals surface area contributed by atoms with Gasteiger partial charge in [0.25, 0.3) is 0 Å². The van der Waals surface area contributed by atoms with Crippen LogP contribution in [-0.4, -0.2) is 23.3 Å². The number of aromatic nitrogens is 1. The van der Waals surface area contributed by atoms with E-state index >= 15 is 0 Å². The predicted octanol–water partition coefficient (Wildman–Crippen LogP) is 3.01. The minimum atomic E-state index is -0.336. The molecule has 1 fully saturated rings. The molecule has 6 heteroatoms. The van der Waals surface area contributed by atoms with Crippen molar-refractivity contribution in [2.24, 2.45) is 5.92 Å². The third kappa shape index (κ3) is 3.42. The molecule has 0 spiro atoms. The van der Waals surface area contributed by atoms with E-state index in [2.05, 4.69) is 17.2 Å². The van der Waals surface area contributed by atoms with Crippen LogP contribution in [0.15, 0.2) is 30.5 Å². The van der Waals surface area contributed by atoms with Crippen LogP contribution in [0, 0.1) is 12.8 Å². The van der Waals surface area contributed by atoms with Gasteiger partial charge in [0.15, 0.2) is 5.13 Å². The van der Waals surface area contributed by atoms with Gasteiger partial charge in [-0.25, -0.2) is 4.98 Å². The Bertz CT molecular complexity index is 724. The Labute approximate surface area is 139 Å². The largest absolute Gasteiger partial charge is 0.312 e. The molecule has 23 heavy (non-hydrogen) atoms. The van der Waals surface area contributed by atoms with Gasteiger partial charge in [-0.05, 0) is 31.0 Å². The summed E-state index contributed by atoms with van der Waals surface area (Å²) in [5.41, 5.74) is 2.08. The number of benzene rings is 1. The molecule has 5 nitrogen and oxygen atoms in total. The van der Waals surface area contributed by atoms with E-state index in [1.807, 2.05) is 31.2 Å². The van der Waals surface area contributed by atoms with Gasteiger partial charge < -0.3 is 10.2 Å². The van der Waals surface area contributed by atoms with Gasteiger partial charge in [0.05, 0.1) is 5.92 Å². The number of thiazole rings is 1. The van der Waals surface area contributed by atoms with Gasteiger partial charge in [-0.15, -0.1) is 11.3 Å². The number of anilines is 2. The van der Waals surface area contributed by atoms with Crippen LogP contribution in [0.1, 0.15) is 23.8 Å².